The topological polar surface area (TPSA) is 92.8 Å². The van der Waals surface area contributed by atoms with Crippen LogP contribution < -0.4 is 14.4 Å². The standard InChI is InChI=1S/C20H21ClN2O5S/c1-12(2)28-16-7-4-14(5-8-16)22-19(24)17-10-15(6-9-18(17)21)23-20(25)13(3)11-29(23,26)27/h4-10,12-13H,11H2,1-3H3,(H,22,24). The van der Waals surface area contributed by atoms with Crippen molar-refractivity contribution in [2.45, 2.75) is 26.9 Å². The highest BCUT2D eigenvalue weighted by Gasteiger charge is 2.42. The van der Waals surface area contributed by atoms with Gasteiger partial charge in [0.2, 0.25) is 15.9 Å². The molecule has 1 aliphatic heterocycles. The van der Waals surface area contributed by atoms with Gasteiger partial charge >= 0.3 is 0 Å². The average molecular weight is 437 g/mol. The number of halogens is 1. The van der Waals surface area contributed by atoms with Crippen LogP contribution in [0, 0.1) is 5.92 Å². The molecule has 1 fully saturated rings. The lowest BCUT2D eigenvalue weighted by molar-refractivity contribution is -0.119. The Hall–Kier alpha value is -2.58. The van der Waals surface area contributed by atoms with E-state index in [1.807, 2.05) is 13.8 Å². The van der Waals surface area contributed by atoms with Crippen LogP contribution in [-0.2, 0) is 14.8 Å². The minimum atomic E-state index is -3.77. The number of ether oxygens (including phenoxy) is 1. The van der Waals surface area contributed by atoms with Crippen LogP contribution in [0.4, 0.5) is 11.4 Å². The molecule has 0 spiro atoms. The SMILES string of the molecule is CC(C)Oc1ccc(NC(=O)c2cc(N3C(=O)C(C)CS3(=O)=O)ccc2Cl)cc1. The molecule has 1 aliphatic rings. The maximum atomic E-state index is 12.7. The van der Waals surface area contributed by atoms with Gasteiger partial charge in [-0.1, -0.05) is 18.5 Å². The Morgan fingerprint density at radius 1 is 1.21 bits per heavy atom. The van der Waals surface area contributed by atoms with Gasteiger partial charge in [0, 0.05) is 5.69 Å². The van der Waals surface area contributed by atoms with Crippen LogP contribution in [0.2, 0.25) is 5.02 Å². The number of hydrogen-bond donors (Lipinski definition) is 1. The summed E-state index contributed by atoms with van der Waals surface area (Å²) < 4.78 is 30.9. The molecule has 1 atom stereocenters. The fourth-order valence-electron chi connectivity index (χ4n) is 2.99. The molecule has 2 aromatic rings. The van der Waals surface area contributed by atoms with Crippen LogP contribution in [-0.4, -0.2) is 32.1 Å². The third-order valence-corrected chi connectivity index (χ3v) is 6.47. The number of hydrogen-bond acceptors (Lipinski definition) is 5. The lowest BCUT2D eigenvalue weighted by Crippen LogP contribution is -2.30. The molecule has 0 radical (unpaired) electrons. The summed E-state index contributed by atoms with van der Waals surface area (Å²) in [6, 6.07) is 10.9. The molecule has 9 heteroatoms. The first-order chi connectivity index (χ1) is 13.6. The summed E-state index contributed by atoms with van der Waals surface area (Å²) in [6.45, 7) is 5.38. The van der Waals surface area contributed by atoms with E-state index in [-0.39, 0.29) is 28.1 Å². The third-order valence-electron chi connectivity index (χ3n) is 4.27. The second-order valence-corrected chi connectivity index (χ2v) is 9.36. The number of sulfonamides is 1. The molecule has 3 rings (SSSR count). The zero-order valence-electron chi connectivity index (χ0n) is 16.2. The number of rotatable bonds is 5. The first-order valence-electron chi connectivity index (χ1n) is 9.03. The Balaban J connectivity index is 1.85. The number of benzene rings is 2. The maximum absolute atomic E-state index is 12.7. The summed E-state index contributed by atoms with van der Waals surface area (Å²) in [7, 11) is -3.77. The molecule has 154 valence electrons. The molecule has 29 heavy (non-hydrogen) atoms. The lowest BCUT2D eigenvalue weighted by Gasteiger charge is -2.17. The van der Waals surface area contributed by atoms with Crippen LogP contribution >= 0.6 is 11.6 Å². The van der Waals surface area contributed by atoms with Gasteiger partial charge in [-0.05, 0) is 56.3 Å². The van der Waals surface area contributed by atoms with Crippen molar-refractivity contribution >= 4 is 44.8 Å². The van der Waals surface area contributed by atoms with Gasteiger partial charge in [-0.15, -0.1) is 0 Å². The molecule has 0 saturated carbocycles. The Labute approximate surface area is 174 Å². The smallest absolute Gasteiger partial charge is 0.257 e. The zero-order valence-corrected chi connectivity index (χ0v) is 17.8. The number of nitrogens with zero attached hydrogens (tertiary/aromatic N) is 1. The molecule has 1 unspecified atom stereocenters. The number of carbonyl (C=O) groups is 2. The van der Waals surface area contributed by atoms with Crippen LogP contribution in [0.3, 0.4) is 0 Å². The first-order valence-corrected chi connectivity index (χ1v) is 11.0. The second-order valence-electron chi connectivity index (χ2n) is 7.09. The van der Waals surface area contributed by atoms with Crippen molar-refractivity contribution in [1.82, 2.24) is 0 Å². The van der Waals surface area contributed by atoms with Crippen molar-refractivity contribution in [2.24, 2.45) is 5.92 Å². The highest BCUT2D eigenvalue weighted by molar-refractivity contribution is 7.94. The normalized spacial score (nSPS) is 18.2. The molecular weight excluding hydrogens is 416 g/mol. The summed E-state index contributed by atoms with van der Waals surface area (Å²) in [5.41, 5.74) is 0.676. The van der Waals surface area contributed by atoms with E-state index in [0.29, 0.717) is 11.4 Å². The van der Waals surface area contributed by atoms with Crippen molar-refractivity contribution in [1.29, 1.82) is 0 Å². The van der Waals surface area contributed by atoms with Crippen molar-refractivity contribution in [2.75, 3.05) is 15.4 Å². The zero-order chi connectivity index (χ0) is 21.3. The molecule has 0 aromatic heterocycles. The molecule has 2 aromatic carbocycles. The number of nitrogens with one attached hydrogen (secondary N) is 1. The van der Waals surface area contributed by atoms with Gasteiger partial charge in [0.05, 0.1) is 34.0 Å². The minimum absolute atomic E-state index is 0.0317. The van der Waals surface area contributed by atoms with E-state index >= 15 is 0 Å². The fraction of sp³-hybridized carbons (Fsp3) is 0.300. The van der Waals surface area contributed by atoms with Gasteiger partial charge in [0.15, 0.2) is 0 Å². The molecule has 0 bridgehead atoms. The van der Waals surface area contributed by atoms with Crippen molar-refractivity contribution in [3.8, 4) is 5.75 Å². The van der Waals surface area contributed by atoms with Crippen LogP contribution in [0.1, 0.15) is 31.1 Å². The van der Waals surface area contributed by atoms with E-state index in [2.05, 4.69) is 5.32 Å². The average Bonchev–Trinajstić information content (AvgIpc) is 2.84. The minimum Gasteiger partial charge on any atom is -0.491 e. The van der Waals surface area contributed by atoms with E-state index in [4.69, 9.17) is 16.3 Å². The van der Waals surface area contributed by atoms with Crippen LogP contribution in [0.5, 0.6) is 5.75 Å². The molecule has 1 heterocycles. The first kappa shape index (κ1) is 21.1. The van der Waals surface area contributed by atoms with E-state index in [0.717, 1.165) is 4.31 Å². The Morgan fingerprint density at radius 3 is 2.41 bits per heavy atom. The number of amides is 2. The van der Waals surface area contributed by atoms with Crippen molar-refractivity contribution < 1.29 is 22.7 Å². The van der Waals surface area contributed by atoms with Gasteiger partial charge in [-0.2, -0.15) is 0 Å². The highest BCUT2D eigenvalue weighted by atomic mass is 35.5. The second kappa shape index (κ2) is 8.04. The van der Waals surface area contributed by atoms with E-state index in [1.165, 1.54) is 18.2 Å². The van der Waals surface area contributed by atoms with Crippen molar-refractivity contribution in [3.63, 3.8) is 0 Å². The summed E-state index contributed by atoms with van der Waals surface area (Å²) in [6.07, 6.45) is 0.0317. The summed E-state index contributed by atoms with van der Waals surface area (Å²) in [5, 5.41) is 2.85. The molecule has 7 nitrogen and oxygen atoms in total. The number of anilines is 2. The van der Waals surface area contributed by atoms with E-state index in [1.54, 1.807) is 31.2 Å². The Morgan fingerprint density at radius 2 is 1.86 bits per heavy atom. The summed E-state index contributed by atoms with van der Waals surface area (Å²) in [5.74, 6) is -1.28. The van der Waals surface area contributed by atoms with E-state index < -0.39 is 27.8 Å². The molecule has 0 aliphatic carbocycles. The van der Waals surface area contributed by atoms with Gasteiger partial charge in [0.1, 0.15) is 5.75 Å². The fourth-order valence-corrected chi connectivity index (χ4v) is 5.00. The quantitative estimate of drug-likeness (QED) is 0.771. The Bertz CT molecular complexity index is 1050. The van der Waals surface area contributed by atoms with Gasteiger partial charge in [-0.25, -0.2) is 12.7 Å². The van der Waals surface area contributed by atoms with Crippen LogP contribution in [0.25, 0.3) is 0 Å². The van der Waals surface area contributed by atoms with Gasteiger partial charge in [0.25, 0.3) is 5.91 Å². The number of carbonyl (C=O) groups excluding carboxylic acids is 2. The maximum Gasteiger partial charge on any atom is 0.257 e. The molecule has 1 N–H and O–H groups in total. The van der Waals surface area contributed by atoms with E-state index in [9.17, 15) is 18.0 Å². The Kier molecular flexibility index (Phi) is 5.86. The van der Waals surface area contributed by atoms with Crippen LogP contribution in [0.15, 0.2) is 42.5 Å². The third kappa shape index (κ3) is 4.54. The predicted molar refractivity (Wildman–Crippen MR) is 112 cm³/mol. The summed E-state index contributed by atoms with van der Waals surface area (Å²) in [4.78, 5) is 25.0. The molecule has 1 saturated heterocycles. The predicted octanol–water partition coefficient (Wildman–Crippen LogP) is 3.69. The van der Waals surface area contributed by atoms with Crippen molar-refractivity contribution in [3.05, 3.63) is 53.1 Å². The monoisotopic (exact) mass is 436 g/mol. The molecular formula is C20H21ClN2O5S. The highest BCUT2D eigenvalue weighted by Crippen LogP contribution is 2.31. The van der Waals surface area contributed by atoms with Gasteiger partial charge < -0.3 is 10.1 Å². The lowest BCUT2D eigenvalue weighted by atomic mass is 10.1. The van der Waals surface area contributed by atoms with Gasteiger partial charge in [-0.3, -0.25) is 9.59 Å². The largest absolute Gasteiger partial charge is 0.491 e. The summed E-state index contributed by atoms with van der Waals surface area (Å²) >= 11 is 6.15. The molecule has 2 amide bonds.